The summed E-state index contributed by atoms with van der Waals surface area (Å²) in [5.74, 6) is -0.599. The van der Waals surface area contributed by atoms with Crippen LogP contribution in [0.4, 0.5) is 0 Å². The molecule has 2 aromatic carbocycles. The van der Waals surface area contributed by atoms with Crippen LogP contribution in [-0.2, 0) is 4.74 Å². The third-order valence-electron chi connectivity index (χ3n) is 3.67. The molecule has 0 radical (unpaired) electrons. The summed E-state index contributed by atoms with van der Waals surface area (Å²) in [6.07, 6.45) is 1.51. The van der Waals surface area contributed by atoms with Gasteiger partial charge in [-0.3, -0.25) is 0 Å². The van der Waals surface area contributed by atoms with Gasteiger partial charge < -0.3 is 9.47 Å². The van der Waals surface area contributed by atoms with E-state index in [0.29, 0.717) is 5.75 Å². The molecule has 4 nitrogen and oxygen atoms in total. The lowest BCUT2D eigenvalue weighted by Crippen LogP contribution is -2.19. The summed E-state index contributed by atoms with van der Waals surface area (Å²) in [5.41, 5.74) is 1.27. The van der Waals surface area contributed by atoms with Gasteiger partial charge in [-0.25, -0.2) is 9.59 Å². The van der Waals surface area contributed by atoms with Gasteiger partial charge in [-0.05, 0) is 44.0 Å². The number of ether oxygens (including phenoxy) is 2. The normalized spacial score (nSPS) is 11.6. The fourth-order valence-electron chi connectivity index (χ4n) is 2.38. The Morgan fingerprint density at radius 3 is 2.17 bits per heavy atom. The summed E-state index contributed by atoms with van der Waals surface area (Å²) in [6.45, 7) is 5.72. The summed E-state index contributed by atoms with van der Waals surface area (Å²) in [4.78, 5) is 24.8. The standard InChI is InChI=1S/C20H22O4/c1-4-9-15(3)23-19(21)16-11-6-7-12-17(16)20(22)24-18-13-8-5-10-14(18)2/h5-8,10-13,15H,4,9H2,1-3H3. The van der Waals surface area contributed by atoms with Crippen LogP contribution in [0.25, 0.3) is 0 Å². The number of esters is 2. The lowest BCUT2D eigenvalue weighted by atomic mass is 10.1. The molecule has 1 atom stereocenters. The fraction of sp³-hybridized carbons (Fsp3) is 0.300. The first kappa shape index (κ1) is 17.7. The second kappa shape index (κ2) is 8.29. The molecule has 0 fully saturated rings. The predicted molar refractivity (Wildman–Crippen MR) is 92.4 cm³/mol. The molecule has 0 N–H and O–H groups in total. The van der Waals surface area contributed by atoms with Crippen molar-refractivity contribution in [3.8, 4) is 5.75 Å². The topological polar surface area (TPSA) is 52.6 Å². The van der Waals surface area contributed by atoms with E-state index in [1.165, 1.54) is 0 Å². The Balaban J connectivity index is 2.20. The van der Waals surface area contributed by atoms with E-state index in [4.69, 9.17) is 9.47 Å². The molecule has 0 heterocycles. The molecule has 2 aromatic rings. The lowest BCUT2D eigenvalue weighted by molar-refractivity contribution is 0.0318. The van der Waals surface area contributed by atoms with Crippen LogP contribution >= 0.6 is 0 Å². The minimum atomic E-state index is -0.569. The van der Waals surface area contributed by atoms with Crippen LogP contribution in [0.2, 0.25) is 0 Å². The molecule has 0 aliphatic carbocycles. The van der Waals surface area contributed by atoms with Crippen molar-refractivity contribution in [2.24, 2.45) is 0 Å². The van der Waals surface area contributed by atoms with E-state index in [9.17, 15) is 9.59 Å². The zero-order valence-corrected chi connectivity index (χ0v) is 14.2. The zero-order valence-electron chi connectivity index (χ0n) is 14.2. The van der Waals surface area contributed by atoms with Crippen molar-refractivity contribution in [3.05, 3.63) is 65.2 Å². The van der Waals surface area contributed by atoms with Gasteiger partial charge in [0.25, 0.3) is 0 Å². The van der Waals surface area contributed by atoms with Gasteiger partial charge in [0, 0.05) is 0 Å². The summed E-state index contributed by atoms with van der Waals surface area (Å²) in [5, 5.41) is 0. The highest BCUT2D eigenvalue weighted by atomic mass is 16.5. The van der Waals surface area contributed by atoms with Crippen LogP contribution in [-0.4, -0.2) is 18.0 Å². The maximum atomic E-state index is 12.5. The van der Waals surface area contributed by atoms with Gasteiger partial charge in [-0.15, -0.1) is 0 Å². The van der Waals surface area contributed by atoms with Crippen LogP contribution < -0.4 is 4.74 Å². The maximum Gasteiger partial charge on any atom is 0.344 e. The van der Waals surface area contributed by atoms with Crippen LogP contribution in [0, 0.1) is 6.92 Å². The Kier molecular flexibility index (Phi) is 6.13. The van der Waals surface area contributed by atoms with E-state index in [1.54, 1.807) is 36.4 Å². The first-order valence-electron chi connectivity index (χ1n) is 8.10. The van der Waals surface area contributed by atoms with Gasteiger partial charge in [0.15, 0.2) is 0 Å². The second-order valence-electron chi connectivity index (χ2n) is 5.71. The molecule has 2 rings (SSSR count). The summed E-state index contributed by atoms with van der Waals surface area (Å²) < 4.78 is 10.8. The van der Waals surface area contributed by atoms with E-state index >= 15 is 0 Å². The zero-order chi connectivity index (χ0) is 17.5. The molecular weight excluding hydrogens is 304 g/mol. The van der Waals surface area contributed by atoms with Gasteiger partial charge in [-0.2, -0.15) is 0 Å². The van der Waals surface area contributed by atoms with Crippen LogP contribution in [0.3, 0.4) is 0 Å². The van der Waals surface area contributed by atoms with Crippen molar-refractivity contribution >= 4 is 11.9 Å². The van der Waals surface area contributed by atoms with Gasteiger partial charge in [0.1, 0.15) is 5.75 Å². The Labute approximate surface area is 142 Å². The van der Waals surface area contributed by atoms with Crippen molar-refractivity contribution in [3.63, 3.8) is 0 Å². The fourth-order valence-corrected chi connectivity index (χ4v) is 2.38. The molecule has 0 aliphatic heterocycles. The smallest absolute Gasteiger partial charge is 0.344 e. The first-order chi connectivity index (χ1) is 11.5. The molecular formula is C20H22O4. The molecule has 0 amide bonds. The van der Waals surface area contributed by atoms with Crippen molar-refractivity contribution in [1.82, 2.24) is 0 Å². The van der Waals surface area contributed by atoms with Gasteiger partial charge >= 0.3 is 11.9 Å². The molecule has 0 spiro atoms. The minimum absolute atomic E-state index is 0.192. The van der Waals surface area contributed by atoms with Crippen molar-refractivity contribution in [2.75, 3.05) is 0 Å². The maximum absolute atomic E-state index is 12.5. The van der Waals surface area contributed by atoms with Gasteiger partial charge in [0.2, 0.25) is 0 Å². The molecule has 4 heteroatoms. The van der Waals surface area contributed by atoms with Gasteiger partial charge in [-0.1, -0.05) is 43.7 Å². The highest BCUT2D eigenvalue weighted by Crippen LogP contribution is 2.20. The molecule has 0 saturated heterocycles. The van der Waals surface area contributed by atoms with E-state index in [0.717, 1.165) is 18.4 Å². The molecule has 0 aliphatic rings. The van der Waals surface area contributed by atoms with E-state index in [1.807, 2.05) is 32.9 Å². The minimum Gasteiger partial charge on any atom is -0.459 e. The number of aryl methyl sites for hydroxylation is 1. The monoisotopic (exact) mass is 326 g/mol. The third-order valence-corrected chi connectivity index (χ3v) is 3.67. The largest absolute Gasteiger partial charge is 0.459 e. The molecule has 0 bridgehead atoms. The molecule has 0 saturated carbocycles. The lowest BCUT2D eigenvalue weighted by Gasteiger charge is -2.14. The summed E-state index contributed by atoms with van der Waals surface area (Å²) in [7, 11) is 0. The molecule has 1 unspecified atom stereocenters. The summed E-state index contributed by atoms with van der Waals surface area (Å²) >= 11 is 0. The number of hydrogen-bond donors (Lipinski definition) is 0. The number of carbonyl (C=O) groups excluding carboxylic acids is 2. The van der Waals surface area contributed by atoms with Crippen LogP contribution in [0.5, 0.6) is 5.75 Å². The molecule has 24 heavy (non-hydrogen) atoms. The quantitative estimate of drug-likeness (QED) is 0.577. The number of carbonyl (C=O) groups is 2. The number of rotatable bonds is 6. The van der Waals surface area contributed by atoms with Crippen molar-refractivity contribution in [1.29, 1.82) is 0 Å². The molecule has 126 valence electrons. The average Bonchev–Trinajstić information content (AvgIpc) is 2.57. The Morgan fingerprint density at radius 1 is 0.958 bits per heavy atom. The van der Waals surface area contributed by atoms with E-state index in [2.05, 4.69) is 0 Å². The third kappa shape index (κ3) is 4.44. The predicted octanol–water partition coefficient (Wildman–Crippen LogP) is 4.56. The molecule has 0 aromatic heterocycles. The van der Waals surface area contributed by atoms with Crippen LogP contribution in [0.15, 0.2) is 48.5 Å². The Bertz CT molecular complexity index is 721. The average molecular weight is 326 g/mol. The van der Waals surface area contributed by atoms with E-state index < -0.39 is 11.9 Å². The Morgan fingerprint density at radius 2 is 1.54 bits per heavy atom. The highest BCUT2D eigenvalue weighted by molar-refractivity contribution is 6.03. The number of hydrogen-bond acceptors (Lipinski definition) is 4. The SMILES string of the molecule is CCCC(C)OC(=O)c1ccccc1C(=O)Oc1ccccc1C. The summed E-state index contributed by atoms with van der Waals surface area (Å²) in [6, 6.07) is 13.8. The number of benzene rings is 2. The van der Waals surface area contributed by atoms with Gasteiger partial charge in [0.05, 0.1) is 17.2 Å². The van der Waals surface area contributed by atoms with Crippen molar-refractivity contribution < 1.29 is 19.1 Å². The van der Waals surface area contributed by atoms with Crippen LogP contribution in [0.1, 0.15) is 53.0 Å². The number of para-hydroxylation sites is 1. The highest BCUT2D eigenvalue weighted by Gasteiger charge is 2.21. The second-order valence-corrected chi connectivity index (χ2v) is 5.71. The van der Waals surface area contributed by atoms with Crippen molar-refractivity contribution in [2.45, 2.75) is 39.7 Å². The first-order valence-corrected chi connectivity index (χ1v) is 8.10. The van der Waals surface area contributed by atoms with E-state index in [-0.39, 0.29) is 17.2 Å². The Hall–Kier alpha value is -2.62.